The average Bonchev–Trinajstić information content (AvgIpc) is 3.25. The van der Waals surface area contributed by atoms with E-state index in [0.29, 0.717) is 38.9 Å². The molecule has 0 aromatic carbocycles. The Morgan fingerprint density at radius 1 is 1.06 bits per heavy atom. The number of aromatic nitrogens is 4. The van der Waals surface area contributed by atoms with Crippen LogP contribution in [0.4, 0.5) is 5.13 Å². The number of rotatable bonds is 7. The van der Waals surface area contributed by atoms with E-state index < -0.39 is 0 Å². The summed E-state index contributed by atoms with van der Waals surface area (Å²) in [6.07, 6.45) is 7.10. The number of amides is 1. The second kappa shape index (κ2) is 10.4. The van der Waals surface area contributed by atoms with Gasteiger partial charge in [-0.1, -0.05) is 16.7 Å². The van der Waals surface area contributed by atoms with Gasteiger partial charge in [0.2, 0.25) is 5.13 Å². The molecule has 33 heavy (non-hydrogen) atoms. The molecular formula is C22H24ClN5O4S. The van der Waals surface area contributed by atoms with Gasteiger partial charge in [0.05, 0.1) is 25.0 Å². The Kier molecular flexibility index (Phi) is 7.36. The number of hydrogen-bond donors (Lipinski definition) is 1. The van der Waals surface area contributed by atoms with Crippen LogP contribution in [0.1, 0.15) is 41.7 Å². The molecule has 11 heteroatoms. The summed E-state index contributed by atoms with van der Waals surface area (Å²) in [7, 11) is 3.27. The molecular weight excluding hydrogens is 466 g/mol. The van der Waals surface area contributed by atoms with Gasteiger partial charge in [0.15, 0.2) is 0 Å². The number of carbonyl (C=O) groups is 1. The smallest absolute Gasteiger partial charge is 0.296 e. The molecule has 0 spiro atoms. The van der Waals surface area contributed by atoms with Gasteiger partial charge >= 0.3 is 0 Å². The fraction of sp³-hybridized carbons (Fsp3) is 0.409. The van der Waals surface area contributed by atoms with Gasteiger partial charge < -0.3 is 14.2 Å². The van der Waals surface area contributed by atoms with Crippen molar-refractivity contribution < 1.29 is 19.0 Å². The van der Waals surface area contributed by atoms with Crippen molar-refractivity contribution in [2.24, 2.45) is 0 Å². The minimum atomic E-state index is -0.379. The zero-order valence-corrected chi connectivity index (χ0v) is 20.1. The summed E-state index contributed by atoms with van der Waals surface area (Å²) in [5, 5.41) is 12.0. The summed E-state index contributed by atoms with van der Waals surface area (Å²) < 4.78 is 16.8. The monoisotopic (exact) mass is 489 g/mol. The third kappa shape index (κ3) is 5.58. The second-order valence-electron chi connectivity index (χ2n) is 7.66. The van der Waals surface area contributed by atoms with Gasteiger partial charge in [-0.2, -0.15) is 0 Å². The molecule has 0 saturated heterocycles. The van der Waals surface area contributed by atoms with Crippen LogP contribution in [0.5, 0.6) is 10.9 Å². The average molecular weight is 490 g/mol. The molecule has 0 unspecified atom stereocenters. The minimum Gasteiger partial charge on any atom is -0.494 e. The summed E-state index contributed by atoms with van der Waals surface area (Å²) in [5.74, 6) is 0.115. The first-order valence-electron chi connectivity index (χ1n) is 10.5. The predicted molar refractivity (Wildman–Crippen MR) is 125 cm³/mol. The number of hydrogen-bond acceptors (Lipinski definition) is 9. The molecule has 1 aliphatic carbocycles. The number of ether oxygens (including phenoxy) is 3. The van der Waals surface area contributed by atoms with Crippen molar-refractivity contribution in [2.45, 2.75) is 44.8 Å². The molecule has 1 saturated carbocycles. The van der Waals surface area contributed by atoms with Crippen LogP contribution in [0.2, 0.25) is 5.15 Å². The van der Waals surface area contributed by atoms with E-state index >= 15 is 0 Å². The maximum atomic E-state index is 13.1. The van der Waals surface area contributed by atoms with E-state index in [4.69, 9.17) is 25.8 Å². The number of nitrogens with zero attached hydrogens (tertiary/aromatic N) is 4. The topological polar surface area (TPSA) is 108 Å². The SMILES string of the molecule is COc1cnc(Cl)cc1-c1cc(C)ncc1C(=O)Nc1nnc(O[C@H]2CC[C@@H](OC)CC2)s1. The molecule has 1 N–H and O–H groups in total. The van der Waals surface area contributed by atoms with Crippen LogP contribution in [-0.2, 0) is 4.74 Å². The number of halogens is 1. The van der Waals surface area contributed by atoms with E-state index in [-0.39, 0.29) is 17.2 Å². The zero-order valence-electron chi connectivity index (χ0n) is 18.5. The highest BCUT2D eigenvalue weighted by molar-refractivity contribution is 7.17. The lowest BCUT2D eigenvalue weighted by Gasteiger charge is -2.26. The van der Waals surface area contributed by atoms with Gasteiger partial charge in [0.25, 0.3) is 11.1 Å². The van der Waals surface area contributed by atoms with Gasteiger partial charge in [-0.05, 0) is 56.1 Å². The Bertz CT molecular complexity index is 1130. The summed E-state index contributed by atoms with van der Waals surface area (Å²) >= 11 is 7.29. The van der Waals surface area contributed by atoms with E-state index in [2.05, 4.69) is 25.5 Å². The zero-order chi connectivity index (χ0) is 23.4. The molecule has 0 radical (unpaired) electrons. The Morgan fingerprint density at radius 2 is 1.82 bits per heavy atom. The maximum Gasteiger partial charge on any atom is 0.296 e. The molecule has 0 atom stereocenters. The van der Waals surface area contributed by atoms with E-state index in [1.165, 1.54) is 30.8 Å². The molecule has 1 fully saturated rings. The van der Waals surface area contributed by atoms with Crippen LogP contribution in [0.25, 0.3) is 11.1 Å². The summed E-state index contributed by atoms with van der Waals surface area (Å²) in [5.41, 5.74) is 2.35. The lowest BCUT2D eigenvalue weighted by molar-refractivity contribution is 0.0325. The quantitative estimate of drug-likeness (QED) is 0.481. The fourth-order valence-corrected chi connectivity index (χ4v) is 4.57. The van der Waals surface area contributed by atoms with Crippen LogP contribution < -0.4 is 14.8 Å². The lowest BCUT2D eigenvalue weighted by Crippen LogP contribution is -2.27. The van der Waals surface area contributed by atoms with Crippen LogP contribution in [-0.4, -0.2) is 52.5 Å². The molecule has 9 nitrogen and oxygen atoms in total. The minimum absolute atomic E-state index is 0.0738. The fourth-order valence-electron chi connectivity index (χ4n) is 3.75. The molecule has 1 amide bonds. The van der Waals surface area contributed by atoms with E-state index in [9.17, 15) is 4.79 Å². The van der Waals surface area contributed by atoms with E-state index in [1.807, 2.05) is 6.92 Å². The largest absolute Gasteiger partial charge is 0.494 e. The summed E-state index contributed by atoms with van der Waals surface area (Å²) in [6, 6.07) is 3.45. The first kappa shape index (κ1) is 23.3. The van der Waals surface area contributed by atoms with Crippen molar-refractivity contribution in [1.29, 1.82) is 0 Å². The van der Waals surface area contributed by atoms with Gasteiger partial charge in [-0.3, -0.25) is 15.1 Å². The van der Waals surface area contributed by atoms with Crippen molar-refractivity contribution >= 4 is 34.0 Å². The van der Waals surface area contributed by atoms with E-state index in [1.54, 1.807) is 19.2 Å². The normalized spacial score (nSPS) is 18.1. The van der Waals surface area contributed by atoms with Crippen molar-refractivity contribution in [3.05, 3.63) is 40.9 Å². The predicted octanol–water partition coefficient (Wildman–Crippen LogP) is 4.55. The van der Waals surface area contributed by atoms with Crippen molar-refractivity contribution in [3.63, 3.8) is 0 Å². The summed E-state index contributed by atoms with van der Waals surface area (Å²) in [4.78, 5) is 21.4. The van der Waals surface area contributed by atoms with E-state index in [0.717, 1.165) is 31.4 Å². The van der Waals surface area contributed by atoms with Gasteiger partial charge in [-0.25, -0.2) is 4.98 Å². The number of anilines is 1. The van der Waals surface area contributed by atoms with Crippen molar-refractivity contribution in [2.75, 3.05) is 19.5 Å². The van der Waals surface area contributed by atoms with Crippen LogP contribution in [0.15, 0.2) is 24.5 Å². The highest BCUT2D eigenvalue weighted by Gasteiger charge is 2.24. The second-order valence-corrected chi connectivity index (χ2v) is 8.99. The third-order valence-electron chi connectivity index (χ3n) is 5.48. The molecule has 4 rings (SSSR count). The Labute approximate surface area is 200 Å². The van der Waals surface area contributed by atoms with Crippen molar-refractivity contribution in [1.82, 2.24) is 20.2 Å². The Morgan fingerprint density at radius 3 is 2.55 bits per heavy atom. The molecule has 1 aliphatic rings. The number of methoxy groups -OCH3 is 2. The first-order valence-corrected chi connectivity index (χ1v) is 11.7. The number of aryl methyl sites for hydroxylation is 1. The molecule has 0 bridgehead atoms. The van der Waals surface area contributed by atoms with Crippen LogP contribution in [0.3, 0.4) is 0 Å². The number of pyridine rings is 2. The summed E-state index contributed by atoms with van der Waals surface area (Å²) in [6.45, 7) is 1.84. The van der Waals surface area contributed by atoms with Crippen molar-refractivity contribution in [3.8, 4) is 22.1 Å². The molecule has 3 aromatic rings. The molecule has 174 valence electrons. The molecule has 3 heterocycles. The third-order valence-corrected chi connectivity index (χ3v) is 6.41. The van der Waals surface area contributed by atoms with Crippen LogP contribution >= 0.6 is 22.9 Å². The first-order chi connectivity index (χ1) is 16.0. The highest BCUT2D eigenvalue weighted by atomic mass is 35.5. The maximum absolute atomic E-state index is 13.1. The van der Waals surface area contributed by atoms with Crippen LogP contribution in [0, 0.1) is 6.92 Å². The molecule has 0 aliphatic heterocycles. The van der Waals surface area contributed by atoms with Gasteiger partial charge in [0, 0.05) is 30.1 Å². The highest BCUT2D eigenvalue weighted by Crippen LogP contribution is 2.34. The molecule has 3 aromatic heterocycles. The standard InChI is InChI=1S/C22H24ClN5O4S/c1-12-8-15(16-9-19(23)25-11-18(16)31-3)17(10-24-12)20(29)26-21-27-28-22(33-21)32-14-6-4-13(30-2)5-7-14/h8-11,13-14H,4-7H2,1-3H3,(H,26,27,29)/t13-,14+. The Hall–Kier alpha value is -2.82. The number of carbonyl (C=O) groups excluding carboxylic acids is 1. The Balaban J connectivity index is 1.51. The lowest BCUT2D eigenvalue weighted by atomic mass is 9.95. The number of nitrogens with one attached hydrogen (secondary N) is 1. The van der Waals surface area contributed by atoms with Gasteiger partial charge in [0.1, 0.15) is 17.0 Å². The van der Waals surface area contributed by atoms with Gasteiger partial charge in [-0.15, -0.1) is 5.10 Å².